The highest BCUT2D eigenvalue weighted by molar-refractivity contribution is 6.42. The first kappa shape index (κ1) is 18.3. The predicted octanol–water partition coefficient (Wildman–Crippen LogP) is 5.37. The summed E-state index contributed by atoms with van der Waals surface area (Å²) in [5, 5.41) is 6.30. The molecule has 0 unspecified atom stereocenters. The van der Waals surface area contributed by atoms with E-state index in [0.717, 1.165) is 12.8 Å². The molecule has 6 heteroatoms. The highest BCUT2D eigenvalue weighted by Gasteiger charge is 2.09. The fourth-order valence-electron chi connectivity index (χ4n) is 2.08. The molecule has 0 saturated heterocycles. The lowest BCUT2D eigenvalue weighted by molar-refractivity contribution is -0.116. The van der Waals surface area contributed by atoms with Gasteiger partial charge in [0.05, 0.1) is 10.0 Å². The van der Waals surface area contributed by atoms with Crippen molar-refractivity contribution in [3.05, 3.63) is 58.1 Å². The molecule has 0 spiro atoms. The van der Waals surface area contributed by atoms with E-state index in [1.54, 1.807) is 36.4 Å². The summed E-state index contributed by atoms with van der Waals surface area (Å²) >= 11 is 11.8. The maximum atomic E-state index is 12.3. The Morgan fingerprint density at radius 3 is 2.33 bits per heavy atom. The van der Waals surface area contributed by atoms with Gasteiger partial charge in [0.25, 0.3) is 5.91 Å². The summed E-state index contributed by atoms with van der Waals surface area (Å²) in [5.74, 6) is -0.340. The first-order valence-electron chi connectivity index (χ1n) is 7.66. The number of halogens is 2. The van der Waals surface area contributed by atoms with E-state index in [4.69, 9.17) is 23.2 Å². The second-order valence-corrected chi connectivity index (χ2v) is 6.13. The molecular formula is C18H18Cl2N2O2. The molecule has 0 aliphatic carbocycles. The number of carbonyl (C=O) groups excluding carboxylic acids is 2. The lowest BCUT2D eigenvalue weighted by Crippen LogP contribution is -2.13. The van der Waals surface area contributed by atoms with Crippen molar-refractivity contribution in [1.29, 1.82) is 0 Å². The Kier molecular flexibility index (Phi) is 6.64. The largest absolute Gasteiger partial charge is 0.326 e. The third-order valence-electron chi connectivity index (χ3n) is 3.34. The normalized spacial score (nSPS) is 10.3. The average molecular weight is 365 g/mol. The number of hydrogen-bond donors (Lipinski definition) is 2. The zero-order valence-electron chi connectivity index (χ0n) is 13.2. The van der Waals surface area contributed by atoms with E-state index in [1.165, 1.54) is 6.07 Å². The molecular weight excluding hydrogens is 347 g/mol. The molecule has 0 bridgehead atoms. The lowest BCUT2D eigenvalue weighted by atomic mass is 10.2. The first-order chi connectivity index (χ1) is 11.5. The lowest BCUT2D eigenvalue weighted by Gasteiger charge is -2.09. The van der Waals surface area contributed by atoms with Crippen LogP contribution >= 0.6 is 23.2 Å². The number of nitrogens with one attached hydrogen (secondary N) is 2. The van der Waals surface area contributed by atoms with Gasteiger partial charge in [-0.15, -0.1) is 0 Å². The van der Waals surface area contributed by atoms with Crippen molar-refractivity contribution in [1.82, 2.24) is 0 Å². The van der Waals surface area contributed by atoms with Crippen LogP contribution in [-0.4, -0.2) is 11.8 Å². The van der Waals surface area contributed by atoms with Crippen molar-refractivity contribution in [3.8, 4) is 0 Å². The highest BCUT2D eigenvalue weighted by atomic mass is 35.5. The Morgan fingerprint density at radius 1 is 0.958 bits per heavy atom. The van der Waals surface area contributed by atoms with Gasteiger partial charge in [-0.05, 0) is 42.8 Å². The fraction of sp³-hybridized carbons (Fsp3) is 0.222. The van der Waals surface area contributed by atoms with Gasteiger partial charge in [0.2, 0.25) is 5.91 Å². The Hall–Kier alpha value is -2.04. The summed E-state index contributed by atoms with van der Waals surface area (Å²) in [5.41, 5.74) is 1.63. The third-order valence-corrected chi connectivity index (χ3v) is 4.08. The summed E-state index contributed by atoms with van der Waals surface area (Å²) < 4.78 is 0. The molecule has 0 saturated carbocycles. The minimum Gasteiger partial charge on any atom is -0.326 e. The molecule has 2 aromatic rings. The molecule has 126 valence electrons. The Labute approximate surface area is 151 Å². The molecule has 0 atom stereocenters. The van der Waals surface area contributed by atoms with Gasteiger partial charge in [0, 0.05) is 23.4 Å². The van der Waals surface area contributed by atoms with E-state index >= 15 is 0 Å². The zero-order chi connectivity index (χ0) is 17.5. The van der Waals surface area contributed by atoms with Gasteiger partial charge < -0.3 is 10.6 Å². The van der Waals surface area contributed by atoms with E-state index < -0.39 is 0 Å². The average Bonchev–Trinajstić information content (AvgIpc) is 2.55. The summed E-state index contributed by atoms with van der Waals surface area (Å²) in [7, 11) is 0. The van der Waals surface area contributed by atoms with Crippen LogP contribution in [0.4, 0.5) is 11.4 Å². The summed E-state index contributed by atoms with van der Waals surface area (Å²) in [6.07, 6.45) is 2.29. The van der Waals surface area contributed by atoms with Gasteiger partial charge in [-0.1, -0.05) is 42.6 Å². The predicted molar refractivity (Wildman–Crippen MR) is 99.0 cm³/mol. The number of carbonyl (C=O) groups is 2. The van der Waals surface area contributed by atoms with Crippen LogP contribution in [0.15, 0.2) is 42.5 Å². The van der Waals surface area contributed by atoms with Crippen molar-refractivity contribution < 1.29 is 9.59 Å². The smallest absolute Gasteiger partial charge is 0.255 e. The van der Waals surface area contributed by atoms with Crippen molar-refractivity contribution in [2.24, 2.45) is 0 Å². The fourth-order valence-corrected chi connectivity index (χ4v) is 2.37. The molecule has 2 aromatic carbocycles. The van der Waals surface area contributed by atoms with E-state index in [1.807, 2.05) is 6.92 Å². The zero-order valence-corrected chi connectivity index (χ0v) is 14.7. The van der Waals surface area contributed by atoms with Crippen LogP contribution in [0.5, 0.6) is 0 Å². The summed E-state index contributed by atoms with van der Waals surface area (Å²) in [4.78, 5) is 24.0. The van der Waals surface area contributed by atoms with Crippen LogP contribution in [0, 0.1) is 0 Å². The molecule has 2 N–H and O–H groups in total. The Bertz CT molecular complexity index is 748. The number of hydrogen-bond acceptors (Lipinski definition) is 2. The van der Waals surface area contributed by atoms with Gasteiger partial charge in [-0.2, -0.15) is 0 Å². The number of amides is 2. The van der Waals surface area contributed by atoms with Gasteiger partial charge in [-0.25, -0.2) is 0 Å². The van der Waals surface area contributed by atoms with Crippen LogP contribution in [0.25, 0.3) is 0 Å². The van der Waals surface area contributed by atoms with Gasteiger partial charge >= 0.3 is 0 Å². The summed E-state index contributed by atoms with van der Waals surface area (Å²) in [6, 6.07) is 11.7. The second kappa shape index (κ2) is 8.71. The van der Waals surface area contributed by atoms with E-state index in [-0.39, 0.29) is 11.8 Å². The molecule has 24 heavy (non-hydrogen) atoms. The minimum absolute atomic E-state index is 0.0372. The van der Waals surface area contributed by atoms with Gasteiger partial charge in [-0.3, -0.25) is 9.59 Å². The molecule has 2 amide bonds. The van der Waals surface area contributed by atoms with Gasteiger partial charge in [0.1, 0.15) is 0 Å². The highest BCUT2D eigenvalue weighted by Crippen LogP contribution is 2.23. The third kappa shape index (κ3) is 5.25. The molecule has 0 aromatic heterocycles. The van der Waals surface area contributed by atoms with Crippen LogP contribution in [-0.2, 0) is 4.79 Å². The van der Waals surface area contributed by atoms with E-state index in [2.05, 4.69) is 10.6 Å². The maximum Gasteiger partial charge on any atom is 0.255 e. The van der Waals surface area contributed by atoms with Crippen LogP contribution in [0.2, 0.25) is 10.0 Å². The second-order valence-electron chi connectivity index (χ2n) is 5.32. The molecule has 0 aliphatic heterocycles. The van der Waals surface area contributed by atoms with Crippen molar-refractivity contribution in [3.63, 3.8) is 0 Å². The monoisotopic (exact) mass is 364 g/mol. The van der Waals surface area contributed by atoms with Gasteiger partial charge in [0.15, 0.2) is 0 Å². The minimum atomic E-state index is -0.303. The summed E-state index contributed by atoms with van der Waals surface area (Å²) in [6.45, 7) is 2.03. The number of benzene rings is 2. The quantitative estimate of drug-likeness (QED) is 0.723. The topological polar surface area (TPSA) is 58.2 Å². The van der Waals surface area contributed by atoms with Crippen LogP contribution < -0.4 is 10.6 Å². The van der Waals surface area contributed by atoms with Crippen LogP contribution in [0.3, 0.4) is 0 Å². The molecule has 0 fully saturated rings. The number of anilines is 2. The molecule has 0 radical (unpaired) electrons. The first-order valence-corrected chi connectivity index (χ1v) is 8.41. The molecule has 0 heterocycles. The number of rotatable bonds is 6. The molecule has 0 aliphatic rings. The Morgan fingerprint density at radius 2 is 1.67 bits per heavy atom. The Balaban J connectivity index is 2.04. The maximum absolute atomic E-state index is 12.3. The van der Waals surface area contributed by atoms with Crippen molar-refractivity contribution in [2.45, 2.75) is 26.2 Å². The van der Waals surface area contributed by atoms with Crippen molar-refractivity contribution >= 4 is 46.4 Å². The SMILES string of the molecule is CCCCC(=O)Nc1cccc(NC(=O)c2ccc(Cl)c(Cl)c2)c1. The molecule has 4 nitrogen and oxygen atoms in total. The molecule has 2 rings (SSSR count). The van der Waals surface area contributed by atoms with Crippen molar-refractivity contribution in [2.75, 3.05) is 10.6 Å². The number of unbranched alkanes of at least 4 members (excludes halogenated alkanes) is 1. The standard InChI is InChI=1S/C18H18Cl2N2O2/c1-2-3-7-17(23)21-13-5-4-6-14(11-13)22-18(24)12-8-9-15(19)16(20)10-12/h4-6,8-11H,2-3,7H2,1H3,(H,21,23)(H,22,24). The van der Waals surface area contributed by atoms with Crippen LogP contribution in [0.1, 0.15) is 36.5 Å². The van der Waals surface area contributed by atoms with E-state index in [0.29, 0.717) is 33.4 Å². The van der Waals surface area contributed by atoms with E-state index in [9.17, 15) is 9.59 Å².